The molecule has 0 radical (unpaired) electrons. The normalized spacial score (nSPS) is 11.4. The van der Waals surface area contributed by atoms with Crippen molar-refractivity contribution in [2.75, 3.05) is 5.43 Å². The minimum atomic E-state index is -0.442. The maximum Gasteiger partial charge on any atom is 0.332 e. The van der Waals surface area contributed by atoms with Crippen LogP contribution in [-0.2, 0) is 20.6 Å². The summed E-state index contributed by atoms with van der Waals surface area (Å²) in [6, 6.07) is 16.9. The van der Waals surface area contributed by atoms with E-state index < -0.39 is 11.2 Å². The zero-order valence-electron chi connectivity index (χ0n) is 16.4. The van der Waals surface area contributed by atoms with Gasteiger partial charge < -0.3 is 0 Å². The van der Waals surface area contributed by atoms with Crippen LogP contribution in [0, 0.1) is 0 Å². The summed E-state index contributed by atoms with van der Waals surface area (Å²) in [6.07, 6.45) is 1.66. The van der Waals surface area contributed by atoms with Crippen molar-refractivity contribution in [1.29, 1.82) is 0 Å². The topological polar surface area (TPSA) is 86.2 Å². The van der Waals surface area contributed by atoms with E-state index in [9.17, 15) is 9.59 Å². The number of aryl methyl sites for hydroxylation is 1. The number of anilines is 1. The van der Waals surface area contributed by atoms with Gasteiger partial charge in [-0.25, -0.2) is 10.2 Å². The third-order valence-corrected chi connectivity index (χ3v) is 5.03. The molecule has 1 N–H and O–H groups in total. The minimum absolute atomic E-state index is 0.287. The number of benzene rings is 2. The van der Waals surface area contributed by atoms with Crippen LogP contribution in [0.5, 0.6) is 0 Å². The summed E-state index contributed by atoms with van der Waals surface area (Å²) in [5.74, 6) is 0.352. The molecule has 0 aliphatic heterocycles. The van der Waals surface area contributed by atoms with Gasteiger partial charge in [-0.1, -0.05) is 54.1 Å². The summed E-state index contributed by atoms with van der Waals surface area (Å²) >= 11 is 5.99. The smallest absolute Gasteiger partial charge is 0.298 e. The lowest BCUT2D eigenvalue weighted by molar-refractivity contribution is 0.702. The lowest BCUT2D eigenvalue weighted by Gasteiger charge is -2.09. The van der Waals surface area contributed by atoms with Gasteiger partial charge >= 0.3 is 5.69 Å². The Labute approximate surface area is 176 Å². The fraction of sp³-hybridized carbons (Fsp3) is 0.143. The first-order valence-corrected chi connectivity index (χ1v) is 9.58. The molecule has 0 unspecified atom stereocenters. The fourth-order valence-electron chi connectivity index (χ4n) is 3.16. The van der Waals surface area contributed by atoms with E-state index in [0.29, 0.717) is 23.0 Å². The highest BCUT2D eigenvalue weighted by Gasteiger charge is 2.19. The molecule has 0 fully saturated rings. The summed E-state index contributed by atoms with van der Waals surface area (Å²) in [6.45, 7) is 0.351. The van der Waals surface area contributed by atoms with Crippen LogP contribution in [0.25, 0.3) is 11.2 Å². The first-order valence-electron chi connectivity index (χ1n) is 9.20. The van der Waals surface area contributed by atoms with E-state index in [1.165, 1.54) is 11.6 Å². The van der Waals surface area contributed by atoms with Crippen molar-refractivity contribution in [3.05, 3.63) is 91.6 Å². The van der Waals surface area contributed by atoms with E-state index in [0.717, 1.165) is 15.7 Å². The summed E-state index contributed by atoms with van der Waals surface area (Å²) in [5.41, 5.74) is 4.47. The molecule has 0 bridgehead atoms. The van der Waals surface area contributed by atoms with Gasteiger partial charge in [0.15, 0.2) is 11.2 Å². The van der Waals surface area contributed by atoms with Gasteiger partial charge in [0.25, 0.3) is 5.56 Å². The molecule has 0 atom stereocenters. The third-order valence-electron chi connectivity index (χ3n) is 4.78. The summed E-state index contributed by atoms with van der Waals surface area (Å²) in [4.78, 5) is 29.7. The Kier molecular flexibility index (Phi) is 5.24. The fourth-order valence-corrected chi connectivity index (χ4v) is 3.29. The number of nitrogens with one attached hydrogen (secondary N) is 1. The van der Waals surface area contributed by atoms with E-state index in [4.69, 9.17) is 11.6 Å². The van der Waals surface area contributed by atoms with Gasteiger partial charge in [0.2, 0.25) is 5.95 Å². The molecule has 9 heteroatoms. The molecule has 2 heterocycles. The highest BCUT2D eigenvalue weighted by molar-refractivity contribution is 6.30. The molecule has 0 saturated heterocycles. The molecule has 0 aliphatic rings. The predicted octanol–water partition coefficient (Wildman–Crippen LogP) is 2.58. The van der Waals surface area contributed by atoms with Gasteiger partial charge in [0.1, 0.15) is 0 Å². The first kappa shape index (κ1) is 19.7. The standard InChI is InChI=1S/C21H19ClN6O2/c1-26-18-17(19(29)27(2)21(26)30)28(13-15-8-10-16(22)11-9-15)20(24-18)25-23-12-14-6-4-3-5-7-14/h3-12H,13H2,1-2H3,(H,24,25)/b23-12+. The van der Waals surface area contributed by atoms with Crippen molar-refractivity contribution in [2.24, 2.45) is 19.2 Å². The number of hydrogen-bond donors (Lipinski definition) is 1. The van der Waals surface area contributed by atoms with E-state index in [1.54, 1.807) is 30.0 Å². The molecule has 152 valence electrons. The number of nitrogens with zero attached hydrogens (tertiary/aromatic N) is 5. The third kappa shape index (κ3) is 3.65. The SMILES string of the molecule is Cn1c(=O)c2c(nc(N/N=C/c3ccccc3)n2Cc2ccc(Cl)cc2)n(C)c1=O. The van der Waals surface area contributed by atoms with Crippen LogP contribution >= 0.6 is 11.6 Å². The highest BCUT2D eigenvalue weighted by atomic mass is 35.5. The Morgan fingerprint density at radius 3 is 2.43 bits per heavy atom. The number of halogens is 1. The van der Waals surface area contributed by atoms with Crippen LogP contribution in [0.1, 0.15) is 11.1 Å². The number of fused-ring (bicyclic) bond motifs is 1. The number of imidazole rings is 1. The quantitative estimate of drug-likeness (QED) is 0.395. The van der Waals surface area contributed by atoms with Crippen LogP contribution in [0.3, 0.4) is 0 Å². The van der Waals surface area contributed by atoms with E-state index in [2.05, 4.69) is 15.5 Å². The van der Waals surface area contributed by atoms with Crippen molar-refractivity contribution in [2.45, 2.75) is 6.54 Å². The molecular formula is C21H19ClN6O2. The zero-order chi connectivity index (χ0) is 21.3. The largest absolute Gasteiger partial charge is 0.332 e. The minimum Gasteiger partial charge on any atom is -0.298 e. The van der Waals surface area contributed by atoms with Crippen LogP contribution in [-0.4, -0.2) is 24.9 Å². The second-order valence-corrected chi connectivity index (χ2v) is 7.24. The van der Waals surface area contributed by atoms with Gasteiger partial charge in [0, 0.05) is 19.1 Å². The van der Waals surface area contributed by atoms with Gasteiger partial charge in [-0.3, -0.25) is 18.5 Å². The molecular weight excluding hydrogens is 404 g/mol. The molecule has 0 aliphatic carbocycles. The molecule has 0 amide bonds. The van der Waals surface area contributed by atoms with Gasteiger partial charge in [-0.05, 0) is 23.3 Å². The van der Waals surface area contributed by atoms with Crippen molar-refractivity contribution in [3.63, 3.8) is 0 Å². The average Bonchev–Trinajstić information content (AvgIpc) is 3.11. The van der Waals surface area contributed by atoms with Crippen LogP contribution in [0.2, 0.25) is 5.02 Å². The average molecular weight is 423 g/mol. The number of hydrazone groups is 1. The maximum absolute atomic E-state index is 12.9. The second kappa shape index (κ2) is 8.00. The molecule has 8 nitrogen and oxygen atoms in total. The molecule has 0 spiro atoms. The number of aromatic nitrogens is 4. The number of hydrogen-bond acceptors (Lipinski definition) is 5. The first-order chi connectivity index (χ1) is 14.5. The molecule has 4 aromatic rings. The maximum atomic E-state index is 12.9. The number of rotatable bonds is 5. The Bertz CT molecular complexity index is 1350. The molecule has 30 heavy (non-hydrogen) atoms. The lowest BCUT2D eigenvalue weighted by Crippen LogP contribution is -2.37. The lowest BCUT2D eigenvalue weighted by atomic mass is 10.2. The molecule has 2 aromatic heterocycles. The Morgan fingerprint density at radius 1 is 1.03 bits per heavy atom. The molecule has 2 aromatic carbocycles. The van der Waals surface area contributed by atoms with Gasteiger partial charge in [-0.2, -0.15) is 10.1 Å². The van der Waals surface area contributed by atoms with Crippen LogP contribution in [0.4, 0.5) is 5.95 Å². The predicted molar refractivity (Wildman–Crippen MR) is 118 cm³/mol. The zero-order valence-corrected chi connectivity index (χ0v) is 17.2. The van der Waals surface area contributed by atoms with E-state index >= 15 is 0 Å². The Balaban J connectivity index is 1.83. The van der Waals surface area contributed by atoms with Gasteiger partial charge in [-0.15, -0.1) is 0 Å². The van der Waals surface area contributed by atoms with E-state index in [-0.39, 0.29) is 5.65 Å². The van der Waals surface area contributed by atoms with Crippen LogP contribution < -0.4 is 16.7 Å². The van der Waals surface area contributed by atoms with Crippen LogP contribution in [0.15, 0.2) is 69.3 Å². The Hall–Kier alpha value is -3.65. The van der Waals surface area contributed by atoms with Crippen molar-refractivity contribution in [1.82, 2.24) is 18.7 Å². The van der Waals surface area contributed by atoms with Crippen molar-refractivity contribution in [3.8, 4) is 0 Å². The monoisotopic (exact) mass is 422 g/mol. The van der Waals surface area contributed by atoms with Crippen molar-refractivity contribution < 1.29 is 0 Å². The molecule has 4 rings (SSSR count). The van der Waals surface area contributed by atoms with Crippen molar-refractivity contribution >= 4 is 34.9 Å². The van der Waals surface area contributed by atoms with E-state index in [1.807, 2.05) is 42.5 Å². The second-order valence-electron chi connectivity index (χ2n) is 6.81. The van der Waals surface area contributed by atoms with Gasteiger partial charge in [0.05, 0.1) is 12.8 Å². The molecule has 0 saturated carbocycles. The summed E-state index contributed by atoms with van der Waals surface area (Å²) in [7, 11) is 3.03. The Morgan fingerprint density at radius 2 is 1.73 bits per heavy atom. The summed E-state index contributed by atoms with van der Waals surface area (Å²) in [5, 5.41) is 4.88. The summed E-state index contributed by atoms with van der Waals surface area (Å²) < 4.78 is 4.13. The highest BCUT2D eigenvalue weighted by Crippen LogP contribution is 2.19.